The maximum atomic E-state index is 10.5. The fourth-order valence-electron chi connectivity index (χ4n) is 2.00. The summed E-state index contributed by atoms with van der Waals surface area (Å²) in [6, 6.07) is 7.75. The highest BCUT2D eigenvalue weighted by Crippen LogP contribution is 2.41. The zero-order valence-corrected chi connectivity index (χ0v) is 8.66. The highest BCUT2D eigenvalue weighted by Gasteiger charge is 2.38. The lowest BCUT2D eigenvalue weighted by atomic mass is 9.79. The minimum atomic E-state index is -0.713. The molecule has 2 rings (SSSR count). The van der Waals surface area contributed by atoms with Crippen LogP contribution in [0.4, 0.5) is 0 Å². The summed E-state index contributed by atoms with van der Waals surface area (Å²) in [5.74, 6) is 1.04. The summed E-state index contributed by atoms with van der Waals surface area (Å²) in [6.07, 6.45) is 0.682. The SMILES string of the molecule is CC(C)C1(O)CCOc2ccccc21. The molecule has 1 heterocycles. The Morgan fingerprint density at radius 3 is 2.79 bits per heavy atom. The second kappa shape index (κ2) is 3.28. The Morgan fingerprint density at radius 2 is 2.07 bits per heavy atom. The molecule has 1 aliphatic heterocycles. The predicted octanol–water partition coefficient (Wildman–Crippen LogP) is 2.31. The molecule has 0 radical (unpaired) electrons. The lowest BCUT2D eigenvalue weighted by Gasteiger charge is -2.37. The minimum absolute atomic E-state index is 0.215. The molecule has 1 aromatic rings. The van der Waals surface area contributed by atoms with Gasteiger partial charge in [-0.05, 0) is 12.0 Å². The van der Waals surface area contributed by atoms with E-state index >= 15 is 0 Å². The first-order valence-electron chi connectivity index (χ1n) is 5.09. The number of hydrogen-bond acceptors (Lipinski definition) is 2. The molecule has 0 saturated carbocycles. The molecule has 1 N–H and O–H groups in total. The average Bonchev–Trinajstić information content (AvgIpc) is 2.18. The number of rotatable bonds is 1. The summed E-state index contributed by atoms with van der Waals surface area (Å²) in [7, 11) is 0. The highest BCUT2D eigenvalue weighted by molar-refractivity contribution is 5.39. The molecule has 0 aliphatic carbocycles. The van der Waals surface area contributed by atoms with Gasteiger partial charge in [-0.3, -0.25) is 0 Å². The van der Waals surface area contributed by atoms with E-state index in [0.717, 1.165) is 11.3 Å². The van der Waals surface area contributed by atoms with Crippen LogP contribution in [0.1, 0.15) is 25.8 Å². The first kappa shape index (κ1) is 9.53. The topological polar surface area (TPSA) is 29.5 Å². The van der Waals surface area contributed by atoms with E-state index in [2.05, 4.69) is 0 Å². The van der Waals surface area contributed by atoms with Gasteiger partial charge in [-0.25, -0.2) is 0 Å². The van der Waals surface area contributed by atoms with Crippen LogP contribution >= 0.6 is 0 Å². The molecule has 1 atom stereocenters. The molecular weight excluding hydrogens is 176 g/mol. The van der Waals surface area contributed by atoms with Crippen molar-refractivity contribution in [3.63, 3.8) is 0 Å². The van der Waals surface area contributed by atoms with Gasteiger partial charge in [0.1, 0.15) is 5.75 Å². The Hall–Kier alpha value is -1.02. The van der Waals surface area contributed by atoms with Crippen LogP contribution in [0.3, 0.4) is 0 Å². The number of benzene rings is 1. The van der Waals surface area contributed by atoms with Gasteiger partial charge in [-0.15, -0.1) is 0 Å². The molecule has 1 aliphatic rings. The quantitative estimate of drug-likeness (QED) is 0.740. The average molecular weight is 192 g/mol. The van der Waals surface area contributed by atoms with Gasteiger partial charge in [-0.2, -0.15) is 0 Å². The van der Waals surface area contributed by atoms with E-state index in [-0.39, 0.29) is 5.92 Å². The lowest BCUT2D eigenvalue weighted by Crippen LogP contribution is -2.37. The number of aliphatic hydroxyl groups is 1. The summed E-state index contributed by atoms with van der Waals surface area (Å²) >= 11 is 0. The van der Waals surface area contributed by atoms with Crippen molar-refractivity contribution in [2.45, 2.75) is 25.9 Å². The normalized spacial score (nSPS) is 25.7. The van der Waals surface area contributed by atoms with Crippen molar-refractivity contribution in [1.82, 2.24) is 0 Å². The Bertz CT molecular complexity index is 333. The van der Waals surface area contributed by atoms with Crippen LogP contribution in [0.5, 0.6) is 5.75 Å². The van der Waals surface area contributed by atoms with Crippen LogP contribution in [0.25, 0.3) is 0 Å². The first-order chi connectivity index (χ1) is 6.64. The highest BCUT2D eigenvalue weighted by atomic mass is 16.5. The predicted molar refractivity (Wildman–Crippen MR) is 55.3 cm³/mol. The van der Waals surface area contributed by atoms with Crippen molar-refractivity contribution < 1.29 is 9.84 Å². The van der Waals surface area contributed by atoms with E-state index in [1.807, 2.05) is 38.1 Å². The van der Waals surface area contributed by atoms with Crippen LogP contribution in [-0.2, 0) is 5.60 Å². The van der Waals surface area contributed by atoms with Gasteiger partial charge in [0.25, 0.3) is 0 Å². The summed E-state index contributed by atoms with van der Waals surface area (Å²) in [6.45, 7) is 4.69. The fraction of sp³-hybridized carbons (Fsp3) is 0.500. The van der Waals surface area contributed by atoms with Crippen molar-refractivity contribution in [2.24, 2.45) is 5.92 Å². The summed E-state index contributed by atoms with van der Waals surface area (Å²) in [4.78, 5) is 0. The Kier molecular flexibility index (Phi) is 2.23. The second-order valence-corrected chi connectivity index (χ2v) is 4.17. The largest absolute Gasteiger partial charge is 0.493 e. The zero-order chi connectivity index (χ0) is 10.2. The standard InChI is InChI=1S/C12H16O2/c1-9(2)12(13)7-8-14-11-6-4-3-5-10(11)12/h3-6,9,13H,7-8H2,1-2H3. The summed E-state index contributed by atoms with van der Waals surface area (Å²) in [5, 5.41) is 10.5. The van der Waals surface area contributed by atoms with E-state index in [9.17, 15) is 5.11 Å². The van der Waals surface area contributed by atoms with Crippen molar-refractivity contribution in [3.05, 3.63) is 29.8 Å². The lowest BCUT2D eigenvalue weighted by molar-refractivity contribution is -0.0430. The Labute approximate surface area is 84.5 Å². The molecule has 0 saturated heterocycles. The molecule has 0 amide bonds. The number of fused-ring (bicyclic) bond motifs is 1. The zero-order valence-electron chi connectivity index (χ0n) is 8.66. The van der Waals surface area contributed by atoms with E-state index < -0.39 is 5.60 Å². The first-order valence-corrected chi connectivity index (χ1v) is 5.09. The summed E-state index contributed by atoms with van der Waals surface area (Å²) < 4.78 is 5.51. The van der Waals surface area contributed by atoms with Crippen LogP contribution in [0.2, 0.25) is 0 Å². The van der Waals surface area contributed by atoms with Gasteiger partial charge in [0.2, 0.25) is 0 Å². The van der Waals surface area contributed by atoms with Crippen LogP contribution in [0.15, 0.2) is 24.3 Å². The molecule has 0 aromatic heterocycles. The van der Waals surface area contributed by atoms with Gasteiger partial charge < -0.3 is 9.84 Å². The van der Waals surface area contributed by atoms with E-state index in [1.54, 1.807) is 0 Å². The molecule has 14 heavy (non-hydrogen) atoms. The smallest absolute Gasteiger partial charge is 0.125 e. The van der Waals surface area contributed by atoms with E-state index in [1.165, 1.54) is 0 Å². The molecule has 0 fully saturated rings. The molecule has 0 spiro atoms. The third-order valence-corrected chi connectivity index (χ3v) is 3.05. The van der Waals surface area contributed by atoms with Crippen LogP contribution in [0, 0.1) is 5.92 Å². The molecule has 0 bridgehead atoms. The van der Waals surface area contributed by atoms with Crippen molar-refractivity contribution in [2.75, 3.05) is 6.61 Å². The monoisotopic (exact) mass is 192 g/mol. The second-order valence-electron chi connectivity index (χ2n) is 4.17. The van der Waals surface area contributed by atoms with E-state index in [4.69, 9.17) is 4.74 Å². The van der Waals surface area contributed by atoms with Gasteiger partial charge in [0.05, 0.1) is 12.2 Å². The van der Waals surface area contributed by atoms with Gasteiger partial charge in [0, 0.05) is 12.0 Å². The van der Waals surface area contributed by atoms with Gasteiger partial charge in [0.15, 0.2) is 0 Å². The van der Waals surface area contributed by atoms with Crippen molar-refractivity contribution >= 4 is 0 Å². The molecule has 1 aromatic carbocycles. The Morgan fingerprint density at radius 1 is 1.36 bits per heavy atom. The molecule has 2 nitrogen and oxygen atoms in total. The molecular formula is C12H16O2. The van der Waals surface area contributed by atoms with Crippen LogP contribution < -0.4 is 4.74 Å². The van der Waals surface area contributed by atoms with Crippen molar-refractivity contribution in [3.8, 4) is 5.75 Å². The van der Waals surface area contributed by atoms with Gasteiger partial charge >= 0.3 is 0 Å². The molecule has 2 heteroatoms. The fourth-order valence-corrected chi connectivity index (χ4v) is 2.00. The third-order valence-electron chi connectivity index (χ3n) is 3.05. The van der Waals surface area contributed by atoms with Gasteiger partial charge in [-0.1, -0.05) is 32.0 Å². The van der Waals surface area contributed by atoms with Crippen molar-refractivity contribution in [1.29, 1.82) is 0 Å². The summed E-state index contributed by atoms with van der Waals surface area (Å²) in [5.41, 5.74) is 0.218. The maximum Gasteiger partial charge on any atom is 0.125 e. The Balaban J connectivity index is 2.50. The molecule has 76 valence electrons. The molecule has 1 unspecified atom stereocenters. The number of ether oxygens (including phenoxy) is 1. The maximum absolute atomic E-state index is 10.5. The third kappa shape index (κ3) is 1.30. The van der Waals surface area contributed by atoms with E-state index in [0.29, 0.717) is 13.0 Å². The minimum Gasteiger partial charge on any atom is -0.493 e. The number of para-hydroxylation sites is 1. The van der Waals surface area contributed by atoms with Crippen LogP contribution in [-0.4, -0.2) is 11.7 Å². The number of hydrogen-bond donors (Lipinski definition) is 1.